The summed E-state index contributed by atoms with van der Waals surface area (Å²) in [5.41, 5.74) is 3.22. The number of hydrogen-bond acceptors (Lipinski definition) is 2. The first kappa shape index (κ1) is 15.4. The summed E-state index contributed by atoms with van der Waals surface area (Å²) in [6, 6.07) is 8.58. The number of rotatable bonds is 4. The van der Waals surface area contributed by atoms with E-state index in [1.54, 1.807) is 0 Å². The topological polar surface area (TPSA) is 38.1 Å². The molecule has 2 aromatic rings. The molecule has 1 aliphatic carbocycles. The van der Waals surface area contributed by atoms with Crippen LogP contribution in [0.4, 0.5) is 0 Å². The molecule has 1 saturated heterocycles. The minimum Gasteiger partial charge on any atom is -0.338 e. The van der Waals surface area contributed by atoms with E-state index in [-0.39, 0.29) is 5.91 Å². The first-order valence-electron chi connectivity index (χ1n) is 9.00. The maximum atomic E-state index is 12.7. The number of carbonyl (C=O) groups excluding carboxylic acids is 1. The Bertz CT molecular complexity index is 760. The zero-order valence-electron chi connectivity index (χ0n) is 14.5. The van der Waals surface area contributed by atoms with Gasteiger partial charge in [0.1, 0.15) is 5.82 Å². The molecule has 4 nitrogen and oxygen atoms in total. The first-order chi connectivity index (χ1) is 11.6. The zero-order valence-corrected chi connectivity index (χ0v) is 14.5. The van der Waals surface area contributed by atoms with Crippen LogP contribution in [-0.4, -0.2) is 33.4 Å². The fourth-order valence-electron chi connectivity index (χ4n) is 3.88. The predicted molar refractivity (Wildman–Crippen MR) is 94.1 cm³/mol. The van der Waals surface area contributed by atoms with Crippen molar-refractivity contribution in [1.29, 1.82) is 0 Å². The van der Waals surface area contributed by atoms with Crippen LogP contribution in [0, 0.1) is 19.8 Å². The van der Waals surface area contributed by atoms with Gasteiger partial charge >= 0.3 is 0 Å². The van der Waals surface area contributed by atoms with Gasteiger partial charge in [0.25, 0.3) is 5.91 Å². The van der Waals surface area contributed by atoms with Gasteiger partial charge in [-0.25, -0.2) is 4.98 Å². The molecule has 0 radical (unpaired) electrons. The van der Waals surface area contributed by atoms with E-state index >= 15 is 0 Å². The van der Waals surface area contributed by atoms with Crippen LogP contribution in [0.25, 0.3) is 0 Å². The van der Waals surface area contributed by atoms with Crippen molar-refractivity contribution >= 4 is 5.91 Å². The van der Waals surface area contributed by atoms with Crippen molar-refractivity contribution in [2.24, 2.45) is 5.92 Å². The second-order valence-electron chi connectivity index (χ2n) is 7.40. The highest BCUT2D eigenvalue weighted by molar-refractivity contribution is 5.94. The summed E-state index contributed by atoms with van der Waals surface area (Å²) in [7, 11) is 0. The Balaban J connectivity index is 1.42. The Hall–Kier alpha value is -2.10. The lowest BCUT2D eigenvalue weighted by Crippen LogP contribution is -2.29. The molecular formula is C20H25N3O. The van der Waals surface area contributed by atoms with E-state index in [1.807, 2.05) is 42.3 Å². The number of amides is 1. The van der Waals surface area contributed by atoms with Crippen LogP contribution in [0.3, 0.4) is 0 Å². The minimum atomic E-state index is 0.169. The maximum Gasteiger partial charge on any atom is 0.253 e. The largest absolute Gasteiger partial charge is 0.338 e. The smallest absolute Gasteiger partial charge is 0.253 e. The average Bonchev–Trinajstić information content (AvgIpc) is 3.18. The van der Waals surface area contributed by atoms with Crippen molar-refractivity contribution in [2.45, 2.75) is 45.6 Å². The molecule has 2 fully saturated rings. The van der Waals surface area contributed by atoms with Crippen molar-refractivity contribution in [1.82, 2.24) is 14.5 Å². The highest BCUT2D eigenvalue weighted by Crippen LogP contribution is 2.37. The van der Waals surface area contributed by atoms with Crippen LogP contribution >= 0.6 is 0 Å². The van der Waals surface area contributed by atoms with Gasteiger partial charge in [0.15, 0.2) is 0 Å². The van der Waals surface area contributed by atoms with E-state index in [9.17, 15) is 4.79 Å². The normalized spacial score (nSPS) is 20.6. The summed E-state index contributed by atoms with van der Waals surface area (Å²) in [4.78, 5) is 19.3. The van der Waals surface area contributed by atoms with Crippen LogP contribution in [0.15, 0.2) is 30.5 Å². The molecule has 1 aromatic heterocycles. The molecule has 4 rings (SSSR count). The van der Waals surface area contributed by atoms with Crippen molar-refractivity contribution < 1.29 is 4.79 Å². The third-order valence-electron chi connectivity index (χ3n) is 5.28. The van der Waals surface area contributed by atoms with Crippen molar-refractivity contribution in [3.63, 3.8) is 0 Å². The number of benzene rings is 1. The Labute approximate surface area is 143 Å². The van der Waals surface area contributed by atoms with Crippen molar-refractivity contribution in [3.05, 3.63) is 53.1 Å². The summed E-state index contributed by atoms with van der Waals surface area (Å²) >= 11 is 0. The van der Waals surface area contributed by atoms with E-state index in [0.29, 0.717) is 12.0 Å². The number of imidazole rings is 1. The molecule has 1 atom stereocenters. The lowest BCUT2D eigenvalue weighted by atomic mass is 10.0. The lowest BCUT2D eigenvalue weighted by molar-refractivity contribution is 0.0787. The number of likely N-dealkylation sites (tertiary alicyclic amines) is 1. The molecule has 2 heterocycles. The first-order valence-corrected chi connectivity index (χ1v) is 9.00. The van der Waals surface area contributed by atoms with Gasteiger partial charge in [-0.05, 0) is 51.2 Å². The molecule has 4 heteroatoms. The van der Waals surface area contributed by atoms with Gasteiger partial charge in [0.2, 0.25) is 0 Å². The van der Waals surface area contributed by atoms with Crippen LogP contribution < -0.4 is 0 Å². The van der Waals surface area contributed by atoms with Gasteiger partial charge in [-0.15, -0.1) is 0 Å². The number of aryl methyl sites for hydroxylation is 2. The molecule has 1 aromatic carbocycles. The standard InChI is InChI=1S/C20H25N3O/c1-14-4-3-5-17(10-14)20(24)22-9-8-16(13-22)11-19-21-12-15(2)23(19)18-6-7-18/h3-5,10,12,16,18H,6-9,11,13H2,1-2H3. The maximum absolute atomic E-state index is 12.7. The number of aromatic nitrogens is 2. The second kappa shape index (κ2) is 6.08. The molecular weight excluding hydrogens is 298 g/mol. The third kappa shape index (κ3) is 2.97. The van der Waals surface area contributed by atoms with Crippen LogP contribution in [-0.2, 0) is 6.42 Å². The van der Waals surface area contributed by atoms with Crippen LogP contribution in [0.2, 0.25) is 0 Å². The van der Waals surface area contributed by atoms with E-state index in [2.05, 4.69) is 16.5 Å². The Morgan fingerprint density at radius 2 is 2.08 bits per heavy atom. The fourth-order valence-corrected chi connectivity index (χ4v) is 3.88. The van der Waals surface area contributed by atoms with E-state index in [1.165, 1.54) is 24.4 Å². The van der Waals surface area contributed by atoms with Crippen LogP contribution in [0.5, 0.6) is 0 Å². The molecule has 126 valence electrons. The molecule has 1 amide bonds. The Morgan fingerprint density at radius 3 is 2.83 bits per heavy atom. The zero-order chi connectivity index (χ0) is 16.7. The number of carbonyl (C=O) groups is 1. The second-order valence-corrected chi connectivity index (χ2v) is 7.40. The summed E-state index contributed by atoms with van der Waals surface area (Å²) in [6.45, 7) is 5.89. The van der Waals surface area contributed by atoms with Gasteiger partial charge in [-0.1, -0.05) is 17.7 Å². The quantitative estimate of drug-likeness (QED) is 0.863. The van der Waals surface area contributed by atoms with Crippen molar-refractivity contribution in [3.8, 4) is 0 Å². The highest BCUT2D eigenvalue weighted by atomic mass is 16.2. The van der Waals surface area contributed by atoms with E-state index < -0.39 is 0 Å². The summed E-state index contributed by atoms with van der Waals surface area (Å²) < 4.78 is 2.42. The Kier molecular flexibility index (Phi) is 3.91. The van der Waals surface area contributed by atoms with Gasteiger partial charge in [-0.3, -0.25) is 4.79 Å². The van der Waals surface area contributed by atoms with Gasteiger partial charge in [0, 0.05) is 43.0 Å². The Morgan fingerprint density at radius 1 is 1.25 bits per heavy atom. The molecule has 2 aliphatic rings. The van der Waals surface area contributed by atoms with Gasteiger partial charge < -0.3 is 9.47 Å². The summed E-state index contributed by atoms with van der Waals surface area (Å²) in [6.07, 6.45) is 6.63. The fraction of sp³-hybridized carbons (Fsp3) is 0.500. The molecule has 0 bridgehead atoms. The summed E-state index contributed by atoms with van der Waals surface area (Å²) in [5, 5.41) is 0. The van der Waals surface area contributed by atoms with E-state index in [0.717, 1.165) is 37.1 Å². The van der Waals surface area contributed by atoms with Gasteiger partial charge in [0.05, 0.1) is 0 Å². The molecule has 1 unspecified atom stereocenters. The average molecular weight is 323 g/mol. The molecule has 0 spiro atoms. The SMILES string of the molecule is Cc1cccc(C(=O)N2CCC(Cc3ncc(C)n3C3CC3)C2)c1. The predicted octanol–water partition coefficient (Wildman–Crippen LogP) is 3.54. The summed E-state index contributed by atoms with van der Waals surface area (Å²) in [5.74, 6) is 1.91. The van der Waals surface area contributed by atoms with E-state index in [4.69, 9.17) is 0 Å². The van der Waals surface area contributed by atoms with Crippen LogP contribution in [0.1, 0.15) is 52.7 Å². The molecule has 24 heavy (non-hydrogen) atoms. The third-order valence-corrected chi connectivity index (χ3v) is 5.28. The van der Waals surface area contributed by atoms with Crippen molar-refractivity contribution in [2.75, 3.05) is 13.1 Å². The highest BCUT2D eigenvalue weighted by Gasteiger charge is 2.31. The van der Waals surface area contributed by atoms with Gasteiger partial charge in [-0.2, -0.15) is 0 Å². The molecule has 1 saturated carbocycles. The monoisotopic (exact) mass is 323 g/mol. The molecule has 0 N–H and O–H groups in total. The molecule has 1 aliphatic heterocycles. The number of hydrogen-bond donors (Lipinski definition) is 0. The lowest BCUT2D eigenvalue weighted by Gasteiger charge is -2.17. The minimum absolute atomic E-state index is 0.169. The number of nitrogens with zero attached hydrogens (tertiary/aromatic N) is 3.